The molecule has 0 saturated carbocycles. The van der Waals surface area contributed by atoms with Crippen molar-refractivity contribution in [3.63, 3.8) is 0 Å². The van der Waals surface area contributed by atoms with Crippen LogP contribution >= 0.6 is 0 Å². The highest BCUT2D eigenvalue weighted by molar-refractivity contribution is 5.89. The van der Waals surface area contributed by atoms with Crippen molar-refractivity contribution in [3.05, 3.63) is 42.1 Å². The predicted molar refractivity (Wildman–Crippen MR) is 91.3 cm³/mol. The minimum absolute atomic E-state index is 0.0460. The highest BCUT2D eigenvalue weighted by Crippen LogP contribution is 2.29. The number of aromatic nitrogens is 2. The number of nitrogens with one attached hydrogen (secondary N) is 1. The number of rotatable bonds is 4. The van der Waals surface area contributed by atoms with E-state index in [0.717, 1.165) is 25.0 Å². The van der Waals surface area contributed by atoms with Crippen LogP contribution in [-0.2, 0) is 9.53 Å². The number of hydrogen-bond acceptors (Lipinski definition) is 4. The predicted octanol–water partition coefficient (Wildman–Crippen LogP) is 2.71. The molecular weight excluding hydrogens is 358 g/mol. The second kappa shape index (κ2) is 6.98. The molecule has 2 aliphatic rings. The number of carbonyl (C=O) groups is 2. The van der Waals surface area contributed by atoms with E-state index in [0.29, 0.717) is 25.4 Å². The van der Waals surface area contributed by atoms with Gasteiger partial charge in [0.2, 0.25) is 5.91 Å². The summed E-state index contributed by atoms with van der Waals surface area (Å²) in [4.78, 5) is 25.5. The van der Waals surface area contributed by atoms with E-state index >= 15 is 0 Å². The molecule has 2 atom stereocenters. The third kappa shape index (κ3) is 3.62. The zero-order valence-corrected chi connectivity index (χ0v) is 14.4. The van der Waals surface area contributed by atoms with Crippen molar-refractivity contribution >= 4 is 17.8 Å². The number of cyclic esters (lactones) is 1. The lowest BCUT2D eigenvalue weighted by Crippen LogP contribution is -2.41. The number of hydrogen-bond donors (Lipinski definition) is 1. The lowest BCUT2D eigenvalue weighted by atomic mass is 9.89. The summed E-state index contributed by atoms with van der Waals surface area (Å²) in [5.74, 6) is -1.14. The first-order valence-electron chi connectivity index (χ1n) is 8.74. The van der Waals surface area contributed by atoms with Crippen molar-refractivity contribution in [2.24, 2.45) is 5.92 Å². The fourth-order valence-corrected chi connectivity index (χ4v) is 3.62. The number of fused-ring (bicyclic) bond motifs is 1. The van der Waals surface area contributed by atoms with Gasteiger partial charge >= 0.3 is 6.09 Å². The third-order valence-corrected chi connectivity index (χ3v) is 4.95. The molecule has 2 aromatic rings. The van der Waals surface area contributed by atoms with Crippen molar-refractivity contribution in [1.82, 2.24) is 14.7 Å². The Bertz CT molecular complexity index is 885. The first-order valence-corrected chi connectivity index (χ1v) is 8.74. The van der Waals surface area contributed by atoms with Gasteiger partial charge in [-0.05, 0) is 30.9 Å². The highest BCUT2D eigenvalue weighted by atomic mass is 19.1. The van der Waals surface area contributed by atoms with Crippen molar-refractivity contribution in [2.75, 3.05) is 18.5 Å². The zero-order chi connectivity index (χ0) is 19.0. The van der Waals surface area contributed by atoms with Crippen LogP contribution < -0.4 is 5.32 Å². The molecule has 2 saturated heterocycles. The molecule has 7 nitrogen and oxygen atoms in total. The van der Waals surface area contributed by atoms with Crippen molar-refractivity contribution < 1.29 is 23.1 Å². The van der Waals surface area contributed by atoms with Gasteiger partial charge in [-0.25, -0.2) is 18.3 Å². The summed E-state index contributed by atoms with van der Waals surface area (Å²) >= 11 is 0. The molecule has 2 amide bonds. The Morgan fingerprint density at radius 2 is 2.19 bits per heavy atom. The molecule has 1 unspecified atom stereocenters. The summed E-state index contributed by atoms with van der Waals surface area (Å²) in [6.45, 7) is 0.977. The molecule has 9 heteroatoms. The molecule has 1 aromatic heterocycles. The van der Waals surface area contributed by atoms with Gasteiger partial charge in [-0.2, -0.15) is 0 Å². The molecule has 27 heavy (non-hydrogen) atoms. The summed E-state index contributed by atoms with van der Waals surface area (Å²) in [5, 5.41) is 6.82. The summed E-state index contributed by atoms with van der Waals surface area (Å²) in [6, 6.07) is 4.79. The van der Waals surface area contributed by atoms with E-state index in [1.54, 1.807) is 11.0 Å². The quantitative estimate of drug-likeness (QED) is 0.890. The van der Waals surface area contributed by atoms with Gasteiger partial charge in [0.05, 0.1) is 6.04 Å². The van der Waals surface area contributed by atoms with Crippen molar-refractivity contribution in [1.29, 1.82) is 0 Å². The number of carbonyl (C=O) groups excluding carboxylic acids is 2. The van der Waals surface area contributed by atoms with Crippen LogP contribution in [0.3, 0.4) is 0 Å². The van der Waals surface area contributed by atoms with Crippen LogP contribution in [0.2, 0.25) is 0 Å². The van der Waals surface area contributed by atoms with E-state index < -0.39 is 11.6 Å². The third-order valence-electron chi connectivity index (χ3n) is 4.95. The summed E-state index contributed by atoms with van der Waals surface area (Å²) in [5.41, 5.74) is 0.0928. The van der Waals surface area contributed by atoms with E-state index in [1.807, 2.05) is 0 Å². The molecule has 0 bridgehead atoms. The van der Waals surface area contributed by atoms with Crippen LogP contribution in [0.4, 0.5) is 19.4 Å². The van der Waals surface area contributed by atoms with E-state index in [1.165, 1.54) is 16.9 Å². The van der Waals surface area contributed by atoms with Crippen LogP contribution in [0.1, 0.15) is 19.3 Å². The fourth-order valence-electron chi connectivity index (χ4n) is 3.62. The van der Waals surface area contributed by atoms with Crippen LogP contribution in [0.5, 0.6) is 0 Å². The number of amides is 2. The molecule has 0 aliphatic carbocycles. The monoisotopic (exact) mass is 376 g/mol. The largest absolute Gasteiger partial charge is 0.447 e. The number of halogens is 2. The maximum absolute atomic E-state index is 13.8. The molecule has 3 heterocycles. The lowest BCUT2D eigenvalue weighted by molar-refractivity contribution is -0.117. The summed E-state index contributed by atoms with van der Waals surface area (Å²) in [6.07, 6.45) is 3.01. The number of piperidine rings is 1. The zero-order valence-electron chi connectivity index (χ0n) is 14.4. The molecule has 2 fully saturated rings. The van der Waals surface area contributed by atoms with E-state index in [-0.39, 0.29) is 29.6 Å². The Hall–Kier alpha value is -2.97. The molecule has 2 aliphatic heterocycles. The normalized spacial score (nSPS) is 21.7. The second-order valence-corrected chi connectivity index (χ2v) is 6.81. The van der Waals surface area contributed by atoms with Crippen LogP contribution in [0, 0.1) is 17.6 Å². The Kier molecular flexibility index (Phi) is 4.51. The van der Waals surface area contributed by atoms with Gasteiger partial charge in [0.25, 0.3) is 0 Å². The minimum Gasteiger partial charge on any atom is -0.447 e. The Balaban J connectivity index is 1.35. The summed E-state index contributed by atoms with van der Waals surface area (Å²) < 4.78 is 33.1. The Morgan fingerprint density at radius 3 is 3.00 bits per heavy atom. The number of nitrogens with zero attached hydrogens (tertiary/aromatic N) is 3. The molecule has 142 valence electrons. The molecular formula is C18H18F2N4O3. The van der Waals surface area contributed by atoms with Gasteiger partial charge in [0.1, 0.15) is 18.1 Å². The molecule has 0 spiro atoms. The van der Waals surface area contributed by atoms with Crippen molar-refractivity contribution in [2.45, 2.75) is 25.3 Å². The molecule has 1 N–H and O–H groups in total. The van der Waals surface area contributed by atoms with Gasteiger partial charge in [-0.15, -0.1) is 5.10 Å². The minimum atomic E-state index is -0.740. The molecule has 1 aromatic carbocycles. The van der Waals surface area contributed by atoms with Crippen LogP contribution in [-0.4, -0.2) is 45.9 Å². The topological polar surface area (TPSA) is 76.5 Å². The maximum atomic E-state index is 13.8. The number of ether oxygens (including phenoxy) is 1. The standard InChI is InChI=1S/C18H18F2N4O3/c19-12-1-2-15(14(20)9-12)24-6-4-16(22-24)21-17(25)8-11-3-5-23-13(7-11)10-27-18(23)26/h1-2,4,6,9,11,13H,3,5,7-8,10H2,(H,21,22,25)/t11-,13?/m0/s1. The number of benzene rings is 1. The fraction of sp³-hybridized carbons (Fsp3) is 0.389. The van der Waals surface area contributed by atoms with Crippen molar-refractivity contribution in [3.8, 4) is 5.69 Å². The van der Waals surface area contributed by atoms with E-state index in [9.17, 15) is 18.4 Å². The molecule has 0 radical (unpaired) electrons. The average molecular weight is 376 g/mol. The smallest absolute Gasteiger partial charge is 0.410 e. The van der Waals surface area contributed by atoms with Crippen LogP contribution in [0.25, 0.3) is 5.69 Å². The van der Waals surface area contributed by atoms with E-state index in [4.69, 9.17) is 4.74 Å². The van der Waals surface area contributed by atoms with Gasteiger partial charge < -0.3 is 15.0 Å². The summed E-state index contributed by atoms with van der Waals surface area (Å²) in [7, 11) is 0. The maximum Gasteiger partial charge on any atom is 0.410 e. The lowest BCUT2D eigenvalue weighted by Gasteiger charge is -2.31. The first-order chi connectivity index (χ1) is 13.0. The molecule has 4 rings (SSSR count). The Labute approximate surface area is 153 Å². The second-order valence-electron chi connectivity index (χ2n) is 6.81. The first kappa shape index (κ1) is 17.4. The van der Waals surface area contributed by atoms with Gasteiger partial charge in [0, 0.05) is 31.3 Å². The average Bonchev–Trinajstić information content (AvgIpc) is 3.22. The van der Waals surface area contributed by atoms with Gasteiger partial charge in [-0.3, -0.25) is 4.79 Å². The van der Waals surface area contributed by atoms with Gasteiger partial charge in [-0.1, -0.05) is 0 Å². The Morgan fingerprint density at radius 1 is 1.33 bits per heavy atom. The SMILES string of the molecule is O=C(C[C@H]1CCN2C(=O)OCC2C1)Nc1ccn(-c2ccc(F)cc2F)n1. The van der Waals surface area contributed by atoms with Gasteiger partial charge in [0.15, 0.2) is 11.6 Å². The van der Waals surface area contributed by atoms with Crippen LogP contribution in [0.15, 0.2) is 30.5 Å². The van der Waals surface area contributed by atoms with E-state index in [2.05, 4.69) is 10.4 Å². The number of anilines is 1. The highest BCUT2D eigenvalue weighted by Gasteiger charge is 2.38.